The number of phenols is 1. The van der Waals surface area contributed by atoms with E-state index in [9.17, 15) is 9.90 Å². The summed E-state index contributed by atoms with van der Waals surface area (Å²) in [5.74, 6) is 0.452. The summed E-state index contributed by atoms with van der Waals surface area (Å²) in [6.07, 6.45) is 4.30. The third kappa shape index (κ3) is 3.32. The molecule has 0 unspecified atom stereocenters. The van der Waals surface area contributed by atoms with E-state index in [-0.39, 0.29) is 11.7 Å². The van der Waals surface area contributed by atoms with Crippen molar-refractivity contribution >= 4 is 11.6 Å². The minimum absolute atomic E-state index is 0.0848. The van der Waals surface area contributed by atoms with Gasteiger partial charge in [0.2, 0.25) is 0 Å². The van der Waals surface area contributed by atoms with Crippen LogP contribution in [-0.4, -0.2) is 16.7 Å². The average Bonchev–Trinajstić information content (AvgIpc) is 2.36. The molecule has 1 saturated carbocycles. The number of carbonyl (C=O) groups excluding carboxylic acids is 1. The fourth-order valence-corrected chi connectivity index (χ4v) is 2.20. The Morgan fingerprint density at radius 3 is 3.06 bits per heavy atom. The number of nitrogens with one attached hydrogen (secondary N) is 1. The lowest BCUT2D eigenvalue weighted by Gasteiger charge is -2.18. The van der Waals surface area contributed by atoms with Crippen molar-refractivity contribution in [2.24, 2.45) is 11.0 Å². The summed E-state index contributed by atoms with van der Waals surface area (Å²) in [6.45, 7) is 2.20. The molecule has 4 heteroatoms. The first-order valence-corrected chi connectivity index (χ1v) is 6.30. The molecule has 0 heterocycles. The average molecular weight is 246 g/mol. The molecular weight excluding hydrogens is 228 g/mol. The van der Waals surface area contributed by atoms with Gasteiger partial charge in [0.1, 0.15) is 5.75 Å². The molecule has 0 spiro atoms. The quantitative estimate of drug-likeness (QED) is 0.788. The summed E-state index contributed by atoms with van der Waals surface area (Å²) in [6, 6.07) is 6.25. The van der Waals surface area contributed by atoms with Crippen LogP contribution in [0.2, 0.25) is 0 Å². The van der Waals surface area contributed by atoms with Crippen LogP contribution in [0.5, 0.6) is 5.75 Å². The second-order valence-corrected chi connectivity index (χ2v) is 4.87. The summed E-state index contributed by atoms with van der Waals surface area (Å²) in [5, 5.41) is 13.5. The van der Waals surface area contributed by atoms with Crippen molar-refractivity contribution in [2.45, 2.75) is 32.6 Å². The maximum atomic E-state index is 11.8. The van der Waals surface area contributed by atoms with Crippen LogP contribution in [0.25, 0.3) is 0 Å². The summed E-state index contributed by atoms with van der Waals surface area (Å²) in [4.78, 5) is 11.8. The van der Waals surface area contributed by atoms with Crippen molar-refractivity contribution in [3.05, 3.63) is 29.8 Å². The van der Waals surface area contributed by atoms with Gasteiger partial charge in [0.25, 0.3) is 5.91 Å². The van der Waals surface area contributed by atoms with Crippen molar-refractivity contribution < 1.29 is 9.90 Å². The highest BCUT2D eigenvalue weighted by atomic mass is 16.3. The molecule has 1 aliphatic carbocycles. The zero-order chi connectivity index (χ0) is 13.0. The molecular formula is C14H18N2O2. The number of hydrogen-bond donors (Lipinski definition) is 2. The zero-order valence-corrected chi connectivity index (χ0v) is 10.5. The van der Waals surface area contributed by atoms with E-state index >= 15 is 0 Å². The highest BCUT2D eigenvalue weighted by Gasteiger charge is 2.14. The number of benzene rings is 1. The molecule has 1 atom stereocenters. The molecule has 0 saturated heterocycles. The Labute approximate surface area is 107 Å². The number of carbonyl (C=O) groups is 1. The number of phenolic OH excluding ortho intramolecular Hbond substituents is 1. The largest absolute Gasteiger partial charge is 0.508 e. The second-order valence-electron chi connectivity index (χ2n) is 4.87. The van der Waals surface area contributed by atoms with Gasteiger partial charge in [-0.2, -0.15) is 5.10 Å². The molecule has 1 fully saturated rings. The van der Waals surface area contributed by atoms with Crippen LogP contribution in [0, 0.1) is 5.92 Å². The molecule has 18 heavy (non-hydrogen) atoms. The highest BCUT2D eigenvalue weighted by Crippen LogP contribution is 2.21. The molecule has 0 radical (unpaired) electrons. The van der Waals surface area contributed by atoms with Gasteiger partial charge >= 0.3 is 0 Å². The lowest BCUT2D eigenvalue weighted by Crippen LogP contribution is -2.22. The fraction of sp³-hybridized carbons (Fsp3) is 0.429. The predicted octanol–water partition coefficient (Wildman–Crippen LogP) is 2.69. The SMILES string of the molecule is C[C@@H]1CCC/C(=N/NC(=O)c2cccc(O)c2)C1. The molecule has 2 N–H and O–H groups in total. The molecule has 0 aromatic heterocycles. The number of rotatable bonds is 2. The van der Waals surface area contributed by atoms with Crippen molar-refractivity contribution in [3.8, 4) is 5.75 Å². The van der Waals surface area contributed by atoms with Crippen LogP contribution in [-0.2, 0) is 0 Å². The molecule has 0 aliphatic heterocycles. The van der Waals surface area contributed by atoms with Crippen LogP contribution >= 0.6 is 0 Å². The number of nitrogens with zero attached hydrogens (tertiary/aromatic N) is 1. The Bertz CT molecular complexity index is 469. The van der Waals surface area contributed by atoms with Crippen LogP contribution in [0.15, 0.2) is 29.4 Å². The number of aromatic hydroxyl groups is 1. The second kappa shape index (κ2) is 5.67. The van der Waals surface area contributed by atoms with E-state index in [0.29, 0.717) is 11.5 Å². The summed E-state index contributed by atoms with van der Waals surface area (Å²) < 4.78 is 0. The van der Waals surface area contributed by atoms with Gasteiger partial charge in [-0.3, -0.25) is 4.79 Å². The van der Waals surface area contributed by atoms with Gasteiger partial charge < -0.3 is 5.11 Å². The number of amides is 1. The Morgan fingerprint density at radius 1 is 1.50 bits per heavy atom. The molecule has 96 valence electrons. The summed E-state index contributed by atoms with van der Waals surface area (Å²) >= 11 is 0. The van der Waals surface area contributed by atoms with E-state index in [2.05, 4.69) is 17.5 Å². The van der Waals surface area contributed by atoms with Crippen LogP contribution in [0.3, 0.4) is 0 Å². The van der Waals surface area contributed by atoms with Crippen LogP contribution in [0.1, 0.15) is 43.0 Å². The molecule has 2 rings (SSSR count). The monoisotopic (exact) mass is 246 g/mol. The number of hydrogen-bond acceptors (Lipinski definition) is 3. The van der Waals surface area contributed by atoms with Gasteiger partial charge in [-0.25, -0.2) is 5.43 Å². The third-order valence-electron chi connectivity index (χ3n) is 3.17. The van der Waals surface area contributed by atoms with E-state index in [1.54, 1.807) is 12.1 Å². The van der Waals surface area contributed by atoms with Gasteiger partial charge in [0, 0.05) is 11.3 Å². The predicted molar refractivity (Wildman–Crippen MR) is 70.6 cm³/mol. The Hall–Kier alpha value is -1.84. The van der Waals surface area contributed by atoms with E-state index in [0.717, 1.165) is 25.0 Å². The minimum Gasteiger partial charge on any atom is -0.508 e. The smallest absolute Gasteiger partial charge is 0.271 e. The molecule has 1 aliphatic rings. The van der Waals surface area contributed by atoms with Gasteiger partial charge in [-0.05, 0) is 49.8 Å². The van der Waals surface area contributed by atoms with Gasteiger partial charge in [0.05, 0.1) is 0 Å². The van der Waals surface area contributed by atoms with E-state index < -0.39 is 0 Å². The lowest BCUT2D eigenvalue weighted by atomic mass is 9.89. The fourth-order valence-electron chi connectivity index (χ4n) is 2.20. The first-order valence-electron chi connectivity index (χ1n) is 6.30. The molecule has 1 aromatic rings. The van der Waals surface area contributed by atoms with Crippen molar-refractivity contribution in [1.82, 2.24) is 5.43 Å². The Kier molecular flexibility index (Phi) is 3.97. The van der Waals surface area contributed by atoms with Crippen molar-refractivity contribution in [1.29, 1.82) is 0 Å². The van der Waals surface area contributed by atoms with Gasteiger partial charge in [-0.1, -0.05) is 13.0 Å². The van der Waals surface area contributed by atoms with E-state index in [1.165, 1.54) is 18.6 Å². The molecule has 1 aromatic carbocycles. The van der Waals surface area contributed by atoms with Crippen LogP contribution in [0.4, 0.5) is 0 Å². The van der Waals surface area contributed by atoms with Gasteiger partial charge in [0.15, 0.2) is 0 Å². The minimum atomic E-state index is -0.281. The van der Waals surface area contributed by atoms with E-state index in [1.807, 2.05) is 0 Å². The van der Waals surface area contributed by atoms with Gasteiger partial charge in [-0.15, -0.1) is 0 Å². The summed E-state index contributed by atoms with van der Waals surface area (Å²) in [5.41, 5.74) is 4.03. The Morgan fingerprint density at radius 2 is 2.33 bits per heavy atom. The number of hydrazone groups is 1. The molecule has 4 nitrogen and oxygen atoms in total. The maximum Gasteiger partial charge on any atom is 0.271 e. The van der Waals surface area contributed by atoms with Crippen molar-refractivity contribution in [3.63, 3.8) is 0 Å². The maximum absolute atomic E-state index is 11.8. The topological polar surface area (TPSA) is 61.7 Å². The standard InChI is InChI=1S/C14H18N2O2/c1-10-4-2-6-12(8-10)15-16-14(18)11-5-3-7-13(17)9-11/h3,5,7,9-10,17H,2,4,6,8H2,1H3,(H,16,18)/b15-12-/t10-/m1/s1. The normalized spacial score (nSPS) is 21.8. The zero-order valence-electron chi connectivity index (χ0n) is 10.5. The van der Waals surface area contributed by atoms with Crippen molar-refractivity contribution in [2.75, 3.05) is 0 Å². The summed E-state index contributed by atoms with van der Waals surface area (Å²) in [7, 11) is 0. The highest BCUT2D eigenvalue weighted by molar-refractivity contribution is 5.95. The molecule has 1 amide bonds. The molecule has 0 bridgehead atoms. The Balaban J connectivity index is 1.97. The first-order chi connectivity index (χ1) is 8.65. The van der Waals surface area contributed by atoms with E-state index in [4.69, 9.17) is 0 Å². The lowest BCUT2D eigenvalue weighted by molar-refractivity contribution is 0.0954. The third-order valence-corrected chi connectivity index (χ3v) is 3.17. The van der Waals surface area contributed by atoms with Crippen LogP contribution < -0.4 is 5.43 Å². The first kappa shape index (κ1) is 12.6.